The molecule has 5 heteroatoms. The summed E-state index contributed by atoms with van der Waals surface area (Å²) in [5.41, 5.74) is 0. The Kier molecular flexibility index (Phi) is 1.99. The number of nitrogens with zero attached hydrogens (tertiary/aromatic N) is 3. The molecule has 0 aliphatic carbocycles. The molecule has 0 saturated heterocycles. The molecule has 0 radical (unpaired) electrons. The molecule has 0 saturated carbocycles. The Bertz CT molecular complexity index is 208. The molecule has 0 aromatic rings. The number of nitroso groups, excluding NO2 is 1. The summed E-state index contributed by atoms with van der Waals surface area (Å²) in [7, 11) is 0. The average Bonchev–Trinajstić information content (AvgIpc) is 2.05. The Balaban J connectivity index is 2.59. The molecule has 1 atom stereocenters. The van der Waals surface area contributed by atoms with Crippen LogP contribution in [0.5, 0.6) is 0 Å². The van der Waals surface area contributed by atoms with Crippen molar-refractivity contribution in [1.82, 2.24) is 0 Å². The number of rotatable bonds is 1. The first-order valence-corrected chi connectivity index (χ1v) is 2.78. The quantitative estimate of drug-likeness (QED) is 0.314. The van der Waals surface area contributed by atoms with Crippen molar-refractivity contribution < 1.29 is 0 Å². The first-order valence-electron chi connectivity index (χ1n) is 2.78. The summed E-state index contributed by atoms with van der Waals surface area (Å²) in [6.45, 7) is 0.362. The zero-order valence-corrected chi connectivity index (χ0v) is 5.19. The van der Waals surface area contributed by atoms with Crippen LogP contribution in [0.1, 0.15) is 0 Å². The summed E-state index contributed by atoms with van der Waals surface area (Å²) < 4.78 is 0. The zero-order valence-electron chi connectivity index (χ0n) is 5.19. The summed E-state index contributed by atoms with van der Waals surface area (Å²) in [6, 6.07) is -0.456. The molecule has 1 heterocycles. The first kappa shape index (κ1) is 6.73. The summed E-state index contributed by atoms with van der Waals surface area (Å²) in [5.74, 6) is -0.256. The van der Waals surface area contributed by atoms with Gasteiger partial charge in [0, 0.05) is 12.4 Å². The highest BCUT2D eigenvalue weighted by Gasteiger charge is 2.13. The molecule has 1 N–H and O–H groups in total. The smallest absolute Gasteiger partial charge is 0.192 e. The minimum atomic E-state index is -0.456. The van der Waals surface area contributed by atoms with Crippen LogP contribution in [0.15, 0.2) is 15.2 Å². The van der Waals surface area contributed by atoms with Crippen molar-refractivity contribution in [2.75, 3.05) is 6.54 Å². The van der Waals surface area contributed by atoms with Gasteiger partial charge in [-0.1, -0.05) is 0 Å². The Hall–Kier alpha value is -1.39. The lowest BCUT2D eigenvalue weighted by Crippen LogP contribution is -2.21. The maximum atomic E-state index is 9.80. The third-order valence-corrected chi connectivity index (χ3v) is 1.13. The van der Waals surface area contributed by atoms with Crippen molar-refractivity contribution >= 4 is 18.3 Å². The van der Waals surface area contributed by atoms with Crippen molar-refractivity contribution in [3.05, 3.63) is 4.91 Å². The second kappa shape index (κ2) is 2.95. The fourth-order valence-electron chi connectivity index (χ4n) is 0.615. The third-order valence-electron chi connectivity index (χ3n) is 1.13. The van der Waals surface area contributed by atoms with Gasteiger partial charge in [0.25, 0.3) is 0 Å². The van der Waals surface area contributed by atoms with E-state index in [-0.39, 0.29) is 5.84 Å². The van der Waals surface area contributed by atoms with E-state index in [1.165, 1.54) is 12.4 Å². The fraction of sp³-hybridized carbons (Fsp3) is 0.400. The van der Waals surface area contributed by atoms with E-state index in [9.17, 15) is 4.91 Å². The lowest BCUT2D eigenvalue weighted by molar-refractivity contribution is 0.849. The van der Waals surface area contributed by atoms with Gasteiger partial charge in [-0.05, 0) is 5.18 Å². The Morgan fingerprint density at radius 1 is 1.70 bits per heavy atom. The van der Waals surface area contributed by atoms with Crippen molar-refractivity contribution in [3.63, 3.8) is 0 Å². The molecule has 0 bridgehead atoms. The van der Waals surface area contributed by atoms with Crippen LogP contribution in [-0.4, -0.2) is 30.9 Å². The van der Waals surface area contributed by atoms with E-state index < -0.39 is 6.04 Å². The summed E-state index contributed by atoms with van der Waals surface area (Å²) in [4.78, 5) is 17.4. The SMILES string of the molecule is N=C(N=O)[C@H]1CN=CC=N1. The van der Waals surface area contributed by atoms with Gasteiger partial charge < -0.3 is 0 Å². The summed E-state index contributed by atoms with van der Waals surface area (Å²) in [5, 5.41) is 9.42. The van der Waals surface area contributed by atoms with Crippen LogP contribution < -0.4 is 0 Å². The summed E-state index contributed by atoms with van der Waals surface area (Å²) in [6.07, 6.45) is 3.00. The van der Waals surface area contributed by atoms with Gasteiger partial charge >= 0.3 is 0 Å². The molecular weight excluding hydrogens is 132 g/mol. The van der Waals surface area contributed by atoms with E-state index in [0.717, 1.165) is 0 Å². The molecule has 0 spiro atoms. The zero-order chi connectivity index (χ0) is 7.40. The number of nitrogens with one attached hydrogen (secondary N) is 1. The average molecular weight is 138 g/mol. The maximum Gasteiger partial charge on any atom is 0.192 e. The minimum Gasteiger partial charge on any atom is -0.289 e. The topological polar surface area (TPSA) is 78.0 Å². The lowest BCUT2D eigenvalue weighted by atomic mass is 10.3. The van der Waals surface area contributed by atoms with Crippen molar-refractivity contribution in [2.24, 2.45) is 15.2 Å². The van der Waals surface area contributed by atoms with E-state index in [1.807, 2.05) is 0 Å². The molecule has 1 aliphatic heterocycles. The molecular formula is C5H6N4O. The number of hydrogen-bond donors (Lipinski definition) is 1. The monoisotopic (exact) mass is 138 g/mol. The second-order valence-corrected chi connectivity index (χ2v) is 1.80. The number of amidine groups is 1. The molecule has 52 valence electrons. The molecule has 0 amide bonds. The van der Waals surface area contributed by atoms with E-state index in [2.05, 4.69) is 15.2 Å². The van der Waals surface area contributed by atoms with Gasteiger partial charge in [-0.3, -0.25) is 15.4 Å². The molecule has 0 fully saturated rings. The standard InChI is InChI=1S/C5H6N4O/c6-5(9-10)4-3-7-1-2-8-4/h1-2,4,6H,3H2/t4-/m1/s1. The lowest BCUT2D eigenvalue weighted by Gasteiger charge is -2.06. The van der Waals surface area contributed by atoms with Crippen molar-refractivity contribution in [3.8, 4) is 0 Å². The van der Waals surface area contributed by atoms with Crippen LogP contribution in [0.4, 0.5) is 0 Å². The van der Waals surface area contributed by atoms with Crippen molar-refractivity contribution in [2.45, 2.75) is 6.04 Å². The van der Waals surface area contributed by atoms with Crippen molar-refractivity contribution in [1.29, 1.82) is 5.41 Å². The molecule has 1 aliphatic rings. The molecule has 10 heavy (non-hydrogen) atoms. The van der Waals surface area contributed by atoms with E-state index in [4.69, 9.17) is 5.41 Å². The fourth-order valence-corrected chi connectivity index (χ4v) is 0.615. The Morgan fingerprint density at radius 2 is 2.50 bits per heavy atom. The van der Waals surface area contributed by atoms with Gasteiger partial charge in [0.2, 0.25) is 0 Å². The third kappa shape index (κ3) is 1.31. The van der Waals surface area contributed by atoms with Gasteiger partial charge in [0.05, 0.1) is 6.54 Å². The maximum absolute atomic E-state index is 9.80. The number of hydrogen-bond acceptors (Lipinski definition) is 4. The van der Waals surface area contributed by atoms with Gasteiger partial charge in [0.15, 0.2) is 5.84 Å². The number of aliphatic imine (C=N–C) groups is 2. The van der Waals surface area contributed by atoms with Gasteiger partial charge in [0.1, 0.15) is 6.04 Å². The molecule has 0 aromatic heterocycles. The Morgan fingerprint density at radius 3 is 3.00 bits per heavy atom. The van der Waals surface area contributed by atoms with Crippen LogP contribution in [0, 0.1) is 10.3 Å². The Labute approximate surface area is 57.4 Å². The van der Waals surface area contributed by atoms with Crippen LogP contribution in [0.3, 0.4) is 0 Å². The summed E-state index contributed by atoms with van der Waals surface area (Å²) >= 11 is 0. The molecule has 0 unspecified atom stereocenters. The normalized spacial score (nSPS) is 22.6. The van der Waals surface area contributed by atoms with Gasteiger partial charge in [-0.2, -0.15) is 0 Å². The second-order valence-electron chi connectivity index (χ2n) is 1.80. The predicted molar refractivity (Wildman–Crippen MR) is 39.2 cm³/mol. The van der Waals surface area contributed by atoms with Crippen LogP contribution in [-0.2, 0) is 0 Å². The minimum absolute atomic E-state index is 0.256. The first-order chi connectivity index (χ1) is 4.84. The van der Waals surface area contributed by atoms with Gasteiger partial charge in [-0.25, -0.2) is 0 Å². The molecule has 5 nitrogen and oxygen atoms in total. The predicted octanol–water partition coefficient (Wildman–Crippen LogP) is 0.254. The van der Waals surface area contributed by atoms with Crippen LogP contribution in [0.25, 0.3) is 0 Å². The highest BCUT2D eigenvalue weighted by Crippen LogP contribution is 1.97. The highest BCUT2D eigenvalue weighted by atomic mass is 16.3. The largest absolute Gasteiger partial charge is 0.289 e. The van der Waals surface area contributed by atoms with E-state index in [1.54, 1.807) is 0 Å². The van der Waals surface area contributed by atoms with E-state index >= 15 is 0 Å². The van der Waals surface area contributed by atoms with E-state index in [0.29, 0.717) is 6.54 Å². The van der Waals surface area contributed by atoms with Gasteiger partial charge in [-0.15, -0.1) is 4.91 Å². The molecule has 1 rings (SSSR count). The highest BCUT2D eigenvalue weighted by molar-refractivity contribution is 6.17. The van der Waals surface area contributed by atoms with Crippen LogP contribution >= 0.6 is 0 Å². The molecule has 0 aromatic carbocycles. The van der Waals surface area contributed by atoms with Crippen LogP contribution in [0.2, 0.25) is 0 Å².